The normalized spacial score (nSPS) is 17.3. The SMILES string of the molecule is CNCC1=CCC=CC(C)=C1. The Labute approximate surface area is 68.5 Å². The molecule has 0 saturated heterocycles. The molecule has 0 bridgehead atoms. The second-order valence-corrected chi connectivity index (χ2v) is 2.84. The Bertz CT molecular complexity index is 209. The third-order valence-corrected chi connectivity index (χ3v) is 1.69. The summed E-state index contributed by atoms with van der Waals surface area (Å²) in [6.45, 7) is 3.10. The molecule has 1 aliphatic carbocycles. The van der Waals surface area contributed by atoms with E-state index < -0.39 is 0 Å². The average Bonchev–Trinajstić information content (AvgIpc) is 2.15. The predicted molar refractivity (Wildman–Crippen MR) is 49.5 cm³/mol. The fourth-order valence-electron chi connectivity index (χ4n) is 1.20. The number of rotatable bonds is 2. The lowest BCUT2D eigenvalue weighted by molar-refractivity contribution is 0.891. The molecular weight excluding hydrogens is 134 g/mol. The summed E-state index contributed by atoms with van der Waals surface area (Å²) >= 11 is 0. The predicted octanol–water partition coefficient (Wildman–Crippen LogP) is 2.04. The van der Waals surface area contributed by atoms with Crippen molar-refractivity contribution in [3.05, 3.63) is 35.5 Å². The molecule has 1 rings (SSSR count). The van der Waals surface area contributed by atoms with Crippen molar-refractivity contribution in [1.82, 2.24) is 5.32 Å². The second-order valence-electron chi connectivity index (χ2n) is 2.84. The van der Waals surface area contributed by atoms with Crippen LogP contribution in [0.25, 0.3) is 0 Å². The van der Waals surface area contributed by atoms with Crippen molar-refractivity contribution in [3.8, 4) is 0 Å². The highest BCUT2D eigenvalue weighted by molar-refractivity contribution is 5.33. The van der Waals surface area contributed by atoms with E-state index in [1.165, 1.54) is 11.1 Å². The van der Waals surface area contributed by atoms with Gasteiger partial charge in [0.15, 0.2) is 0 Å². The molecule has 0 spiro atoms. The Balaban J connectivity index is 2.66. The van der Waals surface area contributed by atoms with Gasteiger partial charge < -0.3 is 5.32 Å². The molecule has 0 heterocycles. The zero-order chi connectivity index (χ0) is 8.10. The molecule has 0 atom stereocenters. The van der Waals surface area contributed by atoms with E-state index in [0.29, 0.717) is 0 Å². The number of nitrogens with one attached hydrogen (secondary N) is 1. The highest BCUT2D eigenvalue weighted by Crippen LogP contribution is 2.09. The van der Waals surface area contributed by atoms with E-state index in [-0.39, 0.29) is 0 Å². The van der Waals surface area contributed by atoms with Gasteiger partial charge in [-0.2, -0.15) is 0 Å². The van der Waals surface area contributed by atoms with Crippen LogP contribution in [0.4, 0.5) is 0 Å². The van der Waals surface area contributed by atoms with Crippen LogP contribution in [0.5, 0.6) is 0 Å². The summed E-state index contributed by atoms with van der Waals surface area (Å²) < 4.78 is 0. The van der Waals surface area contributed by atoms with Gasteiger partial charge in [0, 0.05) is 6.54 Å². The van der Waals surface area contributed by atoms with E-state index in [2.05, 4.69) is 36.5 Å². The van der Waals surface area contributed by atoms with Gasteiger partial charge in [-0.15, -0.1) is 0 Å². The molecule has 0 aromatic rings. The van der Waals surface area contributed by atoms with Crippen LogP contribution in [0, 0.1) is 0 Å². The number of allylic oxidation sites excluding steroid dienone is 4. The molecule has 0 amide bonds. The van der Waals surface area contributed by atoms with Crippen molar-refractivity contribution in [2.45, 2.75) is 13.3 Å². The van der Waals surface area contributed by atoms with Gasteiger partial charge in [-0.25, -0.2) is 0 Å². The lowest BCUT2D eigenvalue weighted by Crippen LogP contribution is -2.09. The average molecular weight is 149 g/mol. The minimum absolute atomic E-state index is 0.971. The first-order chi connectivity index (χ1) is 5.33. The highest BCUT2D eigenvalue weighted by Gasteiger charge is 1.94. The van der Waals surface area contributed by atoms with E-state index in [1.807, 2.05) is 7.05 Å². The first kappa shape index (κ1) is 8.28. The molecule has 1 N–H and O–H groups in total. The van der Waals surface area contributed by atoms with Gasteiger partial charge >= 0.3 is 0 Å². The minimum Gasteiger partial charge on any atom is -0.316 e. The van der Waals surface area contributed by atoms with Gasteiger partial charge in [0.25, 0.3) is 0 Å². The van der Waals surface area contributed by atoms with Gasteiger partial charge in [0.1, 0.15) is 0 Å². The van der Waals surface area contributed by atoms with Crippen molar-refractivity contribution in [3.63, 3.8) is 0 Å². The molecule has 1 heteroatoms. The fraction of sp³-hybridized carbons (Fsp3) is 0.400. The van der Waals surface area contributed by atoms with Crippen molar-refractivity contribution in [1.29, 1.82) is 0 Å². The highest BCUT2D eigenvalue weighted by atomic mass is 14.8. The first-order valence-electron chi connectivity index (χ1n) is 4.01. The zero-order valence-electron chi connectivity index (χ0n) is 7.22. The summed E-state index contributed by atoms with van der Waals surface area (Å²) in [6.07, 6.45) is 9.89. The Hall–Kier alpha value is -0.820. The summed E-state index contributed by atoms with van der Waals surface area (Å²) in [7, 11) is 1.97. The summed E-state index contributed by atoms with van der Waals surface area (Å²) in [5.74, 6) is 0. The van der Waals surface area contributed by atoms with E-state index >= 15 is 0 Å². The first-order valence-corrected chi connectivity index (χ1v) is 4.01. The van der Waals surface area contributed by atoms with Gasteiger partial charge in [-0.05, 0) is 26.0 Å². The maximum atomic E-state index is 3.15. The van der Waals surface area contributed by atoms with Crippen LogP contribution in [0.1, 0.15) is 13.3 Å². The molecule has 11 heavy (non-hydrogen) atoms. The molecule has 0 aromatic carbocycles. The van der Waals surface area contributed by atoms with E-state index in [1.54, 1.807) is 0 Å². The van der Waals surface area contributed by atoms with Crippen LogP contribution in [-0.2, 0) is 0 Å². The number of likely N-dealkylation sites (N-methyl/N-ethyl adjacent to an activating group) is 1. The van der Waals surface area contributed by atoms with Crippen molar-refractivity contribution >= 4 is 0 Å². The van der Waals surface area contributed by atoms with Gasteiger partial charge in [-0.1, -0.05) is 29.9 Å². The van der Waals surface area contributed by atoms with E-state index in [0.717, 1.165) is 13.0 Å². The van der Waals surface area contributed by atoms with Crippen molar-refractivity contribution in [2.24, 2.45) is 0 Å². The van der Waals surface area contributed by atoms with Crippen molar-refractivity contribution < 1.29 is 0 Å². The van der Waals surface area contributed by atoms with Crippen LogP contribution in [0.2, 0.25) is 0 Å². The second kappa shape index (κ2) is 4.14. The van der Waals surface area contributed by atoms with E-state index in [9.17, 15) is 0 Å². The fourth-order valence-corrected chi connectivity index (χ4v) is 1.20. The summed E-state index contributed by atoms with van der Waals surface area (Å²) in [4.78, 5) is 0. The number of hydrogen-bond donors (Lipinski definition) is 1. The molecule has 0 fully saturated rings. The third-order valence-electron chi connectivity index (χ3n) is 1.69. The topological polar surface area (TPSA) is 12.0 Å². The summed E-state index contributed by atoms with van der Waals surface area (Å²) in [6, 6.07) is 0. The van der Waals surface area contributed by atoms with Crippen molar-refractivity contribution in [2.75, 3.05) is 13.6 Å². The lowest BCUT2D eigenvalue weighted by Gasteiger charge is -1.99. The lowest BCUT2D eigenvalue weighted by atomic mass is 10.2. The Morgan fingerprint density at radius 3 is 3.09 bits per heavy atom. The molecule has 0 radical (unpaired) electrons. The molecule has 1 aliphatic rings. The maximum Gasteiger partial charge on any atom is 0.0199 e. The molecular formula is C10H15N. The minimum atomic E-state index is 0.971. The molecule has 0 aliphatic heterocycles. The Morgan fingerprint density at radius 1 is 1.55 bits per heavy atom. The monoisotopic (exact) mass is 149 g/mol. The molecule has 0 aromatic heterocycles. The van der Waals surface area contributed by atoms with Crippen LogP contribution in [0.3, 0.4) is 0 Å². The van der Waals surface area contributed by atoms with Crippen LogP contribution >= 0.6 is 0 Å². The zero-order valence-corrected chi connectivity index (χ0v) is 7.22. The Kier molecular flexibility index (Phi) is 3.12. The molecule has 0 unspecified atom stereocenters. The Morgan fingerprint density at radius 2 is 2.36 bits per heavy atom. The quantitative estimate of drug-likeness (QED) is 0.633. The standard InChI is InChI=1S/C10H15N/c1-9-5-3-4-6-10(7-9)8-11-2/h3,5-7,11H,4,8H2,1-2H3. The number of hydrogen-bond acceptors (Lipinski definition) is 1. The van der Waals surface area contributed by atoms with Gasteiger partial charge in [0.05, 0.1) is 0 Å². The van der Waals surface area contributed by atoms with Crippen LogP contribution < -0.4 is 5.32 Å². The molecule has 60 valence electrons. The van der Waals surface area contributed by atoms with Gasteiger partial charge in [-0.3, -0.25) is 0 Å². The van der Waals surface area contributed by atoms with Crippen LogP contribution in [0.15, 0.2) is 35.5 Å². The molecule has 0 saturated carbocycles. The summed E-state index contributed by atoms with van der Waals surface area (Å²) in [5, 5.41) is 3.15. The maximum absolute atomic E-state index is 3.15. The van der Waals surface area contributed by atoms with Crippen LogP contribution in [-0.4, -0.2) is 13.6 Å². The van der Waals surface area contributed by atoms with Gasteiger partial charge in [0.2, 0.25) is 0 Å². The molecule has 1 nitrogen and oxygen atoms in total. The van der Waals surface area contributed by atoms with E-state index in [4.69, 9.17) is 0 Å². The summed E-state index contributed by atoms with van der Waals surface area (Å²) in [5.41, 5.74) is 2.72. The smallest absolute Gasteiger partial charge is 0.0199 e. The largest absolute Gasteiger partial charge is 0.316 e. The third kappa shape index (κ3) is 2.72.